The van der Waals surface area contributed by atoms with Gasteiger partial charge in [-0.2, -0.15) is 0 Å². The first-order chi connectivity index (χ1) is 10.3. The lowest BCUT2D eigenvalue weighted by atomic mass is 9.86. The second-order valence-electron chi connectivity index (χ2n) is 5.39. The highest BCUT2D eigenvalue weighted by atomic mass is 16.5. The van der Waals surface area contributed by atoms with E-state index in [1.807, 2.05) is 30.3 Å². The van der Waals surface area contributed by atoms with Gasteiger partial charge in [-0.25, -0.2) is 4.68 Å². The van der Waals surface area contributed by atoms with Gasteiger partial charge in [-0.15, -0.1) is 5.10 Å². The van der Waals surface area contributed by atoms with Crippen molar-refractivity contribution in [2.24, 2.45) is 5.92 Å². The lowest BCUT2D eigenvalue weighted by molar-refractivity contribution is -0.151. The average Bonchev–Trinajstić information content (AvgIpc) is 3.08. The Morgan fingerprint density at radius 1 is 1.19 bits per heavy atom. The zero-order valence-corrected chi connectivity index (χ0v) is 11.8. The number of rotatable bonds is 4. The number of tetrazole rings is 1. The smallest absolute Gasteiger partial charge is 0.309 e. The summed E-state index contributed by atoms with van der Waals surface area (Å²) >= 11 is 0. The summed E-state index contributed by atoms with van der Waals surface area (Å²) in [5, 5.41) is 11.2. The Morgan fingerprint density at radius 3 is 2.62 bits per heavy atom. The first kappa shape index (κ1) is 13.7. The predicted octanol–water partition coefficient (Wildman–Crippen LogP) is 2.15. The van der Waals surface area contributed by atoms with Crippen LogP contribution in [0.2, 0.25) is 0 Å². The molecule has 21 heavy (non-hydrogen) atoms. The maximum absolute atomic E-state index is 12.1. The second-order valence-corrected chi connectivity index (χ2v) is 5.39. The van der Waals surface area contributed by atoms with Crippen molar-refractivity contribution in [2.45, 2.75) is 38.3 Å². The van der Waals surface area contributed by atoms with Crippen molar-refractivity contribution < 1.29 is 9.53 Å². The van der Waals surface area contributed by atoms with Gasteiger partial charge in [-0.1, -0.05) is 30.3 Å². The molecule has 1 aliphatic rings. The molecular weight excluding hydrogens is 268 g/mol. The minimum atomic E-state index is -0.0889. The number of carbonyl (C=O) groups is 1. The van der Waals surface area contributed by atoms with Crippen molar-refractivity contribution >= 4 is 5.97 Å². The van der Waals surface area contributed by atoms with E-state index < -0.39 is 0 Å². The number of hydrogen-bond acceptors (Lipinski definition) is 5. The van der Waals surface area contributed by atoms with Gasteiger partial charge in [0, 0.05) is 0 Å². The molecule has 0 radical (unpaired) electrons. The first-order valence-electron chi connectivity index (χ1n) is 7.26. The number of carbonyl (C=O) groups excluding carboxylic acids is 1. The van der Waals surface area contributed by atoms with Crippen LogP contribution in [0.3, 0.4) is 0 Å². The summed E-state index contributed by atoms with van der Waals surface area (Å²) < 4.78 is 7.19. The Balaban J connectivity index is 1.47. The normalized spacial score (nSPS) is 21.9. The lowest BCUT2D eigenvalue weighted by Crippen LogP contribution is -2.25. The Kier molecular flexibility index (Phi) is 4.23. The van der Waals surface area contributed by atoms with Gasteiger partial charge < -0.3 is 4.74 Å². The molecule has 0 N–H and O–H groups in total. The molecule has 3 rings (SSSR count). The Labute approximate surface area is 123 Å². The van der Waals surface area contributed by atoms with Crippen molar-refractivity contribution in [2.75, 3.05) is 0 Å². The molecule has 1 saturated carbocycles. The van der Waals surface area contributed by atoms with Gasteiger partial charge in [0.05, 0.1) is 12.0 Å². The van der Waals surface area contributed by atoms with Crippen LogP contribution >= 0.6 is 0 Å². The van der Waals surface area contributed by atoms with Gasteiger partial charge in [0.25, 0.3) is 0 Å². The highest BCUT2D eigenvalue weighted by Crippen LogP contribution is 2.32. The molecule has 1 aliphatic carbocycles. The predicted molar refractivity (Wildman–Crippen MR) is 75.1 cm³/mol. The van der Waals surface area contributed by atoms with Crippen LogP contribution in [0, 0.1) is 5.92 Å². The molecule has 0 saturated heterocycles. The van der Waals surface area contributed by atoms with Crippen LogP contribution in [-0.2, 0) is 16.1 Å². The third-order valence-corrected chi connectivity index (χ3v) is 3.99. The molecule has 1 fully saturated rings. The number of hydrogen-bond donors (Lipinski definition) is 0. The summed E-state index contributed by atoms with van der Waals surface area (Å²) in [5.41, 5.74) is 1.02. The molecule has 2 aromatic rings. The second kappa shape index (κ2) is 6.47. The molecule has 0 unspecified atom stereocenters. The molecule has 1 aromatic heterocycles. The molecule has 0 amide bonds. The van der Waals surface area contributed by atoms with Gasteiger partial charge in [-0.3, -0.25) is 4.79 Å². The van der Waals surface area contributed by atoms with E-state index >= 15 is 0 Å². The fourth-order valence-corrected chi connectivity index (χ4v) is 2.76. The van der Waals surface area contributed by atoms with E-state index in [9.17, 15) is 4.79 Å². The highest BCUT2D eigenvalue weighted by Gasteiger charge is 2.28. The van der Waals surface area contributed by atoms with Gasteiger partial charge >= 0.3 is 5.97 Å². The summed E-state index contributed by atoms with van der Waals surface area (Å²) in [6, 6.07) is 10.1. The fraction of sp³-hybridized carbons (Fsp3) is 0.467. The minimum absolute atomic E-state index is 0.00134. The number of esters is 1. The van der Waals surface area contributed by atoms with E-state index in [1.165, 1.54) is 0 Å². The van der Waals surface area contributed by atoms with Crippen LogP contribution in [-0.4, -0.2) is 26.2 Å². The largest absolute Gasteiger partial charge is 0.461 e. The van der Waals surface area contributed by atoms with Crippen LogP contribution in [0.5, 0.6) is 0 Å². The molecule has 6 heteroatoms. The van der Waals surface area contributed by atoms with Crippen molar-refractivity contribution in [1.29, 1.82) is 0 Å². The summed E-state index contributed by atoms with van der Waals surface area (Å²) in [6.45, 7) is 0.354. The molecule has 6 nitrogen and oxygen atoms in total. The highest BCUT2D eigenvalue weighted by molar-refractivity contribution is 5.72. The third-order valence-electron chi connectivity index (χ3n) is 3.99. The Hall–Kier alpha value is -2.24. The van der Waals surface area contributed by atoms with E-state index in [2.05, 4.69) is 15.5 Å². The SMILES string of the molecule is O=C(OCc1ccccc1)C1CCC(n2cnnn2)CC1. The van der Waals surface area contributed by atoms with E-state index in [-0.39, 0.29) is 11.9 Å². The Morgan fingerprint density at radius 2 is 1.95 bits per heavy atom. The van der Waals surface area contributed by atoms with Crippen LogP contribution in [0.25, 0.3) is 0 Å². The first-order valence-corrected chi connectivity index (χ1v) is 7.26. The zero-order valence-electron chi connectivity index (χ0n) is 11.8. The summed E-state index contributed by atoms with van der Waals surface area (Å²) in [4.78, 5) is 12.1. The summed E-state index contributed by atoms with van der Waals surface area (Å²) in [7, 11) is 0. The molecule has 110 valence electrons. The number of nitrogens with zero attached hydrogens (tertiary/aromatic N) is 4. The van der Waals surface area contributed by atoms with Crippen LogP contribution < -0.4 is 0 Å². The quantitative estimate of drug-likeness (QED) is 0.805. The van der Waals surface area contributed by atoms with E-state index in [4.69, 9.17) is 4.74 Å². The van der Waals surface area contributed by atoms with Gasteiger partial charge in [0.2, 0.25) is 0 Å². The molecule has 1 heterocycles. The lowest BCUT2D eigenvalue weighted by Gasteiger charge is -2.26. The monoisotopic (exact) mass is 286 g/mol. The standard InChI is InChI=1S/C15H18N4O2/c20-15(21-10-12-4-2-1-3-5-12)13-6-8-14(9-7-13)19-11-16-17-18-19/h1-5,11,13-14H,6-10H2. The molecule has 0 spiro atoms. The third kappa shape index (κ3) is 3.45. The Bertz CT molecular complexity index is 563. The van der Waals surface area contributed by atoms with Crippen LogP contribution in [0.4, 0.5) is 0 Å². The molecule has 0 bridgehead atoms. The van der Waals surface area contributed by atoms with Gasteiger partial charge in [-0.05, 0) is 41.7 Å². The average molecular weight is 286 g/mol. The van der Waals surface area contributed by atoms with Crippen molar-refractivity contribution in [1.82, 2.24) is 20.2 Å². The fourth-order valence-electron chi connectivity index (χ4n) is 2.76. The molecular formula is C15H18N4O2. The van der Waals surface area contributed by atoms with Crippen molar-refractivity contribution in [3.05, 3.63) is 42.2 Å². The topological polar surface area (TPSA) is 69.9 Å². The number of ether oxygens (including phenoxy) is 1. The molecule has 0 atom stereocenters. The van der Waals surface area contributed by atoms with E-state index in [1.54, 1.807) is 11.0 Å². The number of benzene rings is 1. The van der Waals surface area contributed by atoms with E-state index in [0.717, 1.165) is 31.2 Å². The van der Waals surface area contributed by atoms with Gasteiger partial charge in [0.15, 0.2) is 0 Å². The number of aromatic nitrogens is 4. The van der Waals surface area contributed by atoms with Crippen LogP contribution in [0.15, 0.2) is 36.7 Å². The minimum Gasteiger partial charge on any atom is -0.461 e. The maximum Gasteiger partial charge on any atom is 0.309 e. The molecule has 0 aliphatic heterocycles. The van der Waals surface area contributed by atoms with Crippen molar-refractivity contribution in [3.8, 4) is 0 Å². The van der Waals surface area contributed by atoms with E-state index in [0.29, 0.717) is 12.6 Å². The van der Waals surface area contributed by atoms with Crippen LogP contribution in [0.1, 0.15) is 37.3 Å². The molecule has 1 aromatic carbocycles. The van der Waals surface area contributed by atoms with Gasteiger partial charge in [0.1, 0.15) is 12.9 Å². The van der Waals surface area contributed by atoms with Crippen molar-refractivity contribution in [3.63, 3.8) is 0 Å². The summed E-state index contributed by atoms with van der Waals surface area (Å²) in [5.74, 6) is -0.0875. The maximum atomic E-state index is 12.1. The zero-order chi connectivity index (χ0) is 14.5. The summed E-state index contributed by atoms with van der Waals surface area (Å²) in [6.07, 6.45) is 5.13.